The highest BCUT2D eigenvalue weighted by Gasteiger charge is 2.31. The highest BCUT2D eigenvalue weighted by molar-refractivity contribution is 5.95. The third-order valence-corrected chi connectivity index (χ3v) is 4.56. The van der Waals surface area contributed by atoms with Gasteiger partial charge >= 0.3 is 0 Å². The van der Waals surface area contributed by atoms with E-state index in [2.05, 4.69) is 31.2 Å². The van der Waals surface area contributed by atoms with Gasteiger partial charge in [-0.25, -0.2) is 0 Å². The molecule has 1 amide bonds. The Bertz CT molecular complexity index is 756. The molecule has 1 atom stereocenters. The Balaban J connectivity index is 1.62. The van der Waals surface area contributed by atoms with Crippen molar-refractivity contribution >= 4 is 5.91 Å². The van der Waals surface area contributed by atoms with Gasteiger partial charge in [-0.15, -0.1) is 0 Å². The van der Waals surface area contributed by atoms with Crippen LogP contribution in [0.3, 0.4) is 0 Å². The Morgan fingerprint density at radius 1 is 1.13 bits per heavy atom. The number of likely N-dealkylation sites (tertiary alicyclic amines) is 1. The molecular formula is C19H19NO3. The molecule has 0 N–H and O–H groups in total. The molecule has 4 heteroatoms. The molecule has 0 radical (unpaired) electrons. The number of nitrogens with zero attached hydrogens (tertiary/aromatic N) is 1. The van der Waals surface area contributed by atoms with E-state index in [1.54, 1.807) is 6.07 Å². The van der Waals surface area contributed by atoms with Crippen LogP contribution in [0.1, 0.15) is 40.4 Å². The second kappa shape index (κ2) is 5.61. The largest absolute Gasteiger partial charge is 0.454 e. The predicted octanol–water partition coefficient (Wildman–Crippen LogP) is 3.70. The molecule has 118 valence electrons. The average molecular weight is 309 g/mol. The summed E-state index contributed by atoms with van der Waals surface area (Å²) in [6.07, 6.45) is 2.05. The smallest absolute Gasteiger partial charge is 0.254 e. The molecule has 23 heavy (non-hydrogen) atoms. The lowest BCUT2D eigenvalue weighted by Crippen LogP contribution is -2.30. The van der Waals surface area contributed by atoms with Crippen LogP contribution in [-0.4, -0.2) is 24.1 Å². The third-order valence-electron chi connectivity index (χ3n) is 4.56. The molecule has 2 heterocycles. The highest BCUT2D eigenvalue weighted by atomic mass is 16.7. The first-order valence-corrected chi connectivity index (χ1v) is 7.99. The lowest BCUT2D eigenvalue weighted by Gasteiger charge is -2.25. The number of amides is 1. The molecule has 1 unspecified atom stereocenters. The van der Waals surface area contributed by atoms with Gasteiger partial charge in [0.15, 0.2) is 11.5 Å². The van der Waals surface area contributed by atoms with Crippen molar-refractivity contribution in [1.29, 1.82) is 0 Å². The molecular weight excluding hydrogens is 290 g/mol. The first-order chi connectivity index (χ1) is 11.2. The lowest BCUT2D eigenvalue weighted by molar-refractivity contribution is 0.0735. The number of hydrogen-bond acceptors (Lipinski definition) is 3. The number of fused-ring (bicyclic) bond motifs is 1. The van der Waals surface area contributed by atoms with Gasteiger partial charge in [0.2, 0.25) is 6.79 Å². The molecule has 2 aromatic carbocycles. The molecule has 0 aliphatic carbocycles. The van der Waals surface area contributed by atoms with Gasteiger partial charge in [0.1, 0.15) is 0 Å². The summed E-state index contributed by atoms with van der Waals surface area (Å²) in [4.78, 5) is 14.9. The number of carbonyl (C=O) groups is 1. The van der Waals surface area contributed by atoms with E-state index in [1.807, 2.05) is 17.0 Å². The van der Waals surface area contributed by atoms with Gasteiger partial charge in [0, 0.05) is 12.1 Å². The van der Waals surface area contributed by atoms with Crippen molar-refractivity contribution in [2.75, 3.05) is 13.3 Å². The van der Waals surface area contributed by atoms with Crippen LogP contribution in [0.25, 0.3) is 0 Å². The van der Waals surface area contributed by atoms with Crippen LogP contribution in [0, 0.1) is 6.92 Å². The van der Waals surface area contributed by atoms with E-state index in [0.717, 1.165) is 19.4 Å². The Morgan fingerprint density at radius 2 is 2.00 bits per heavy atom. The van der Waals surface area contributed by atoms with E-state index in [1.165, 1.54) is 11.1 Å². The van der Waals surface area contributed by atoms with E-state index >= 15 is 0 Å². The molecule has 0 spiro atoms. The summed E-state index contributed by atoms with van der Waals surface area (Å²) < 4.78 is 10.7. The summed E-state index contributed by atoms with van der Waals surface area (Å²) in [5.74, 6) is 1.42. The van der Waals surface area contributed by atoms with Crippen molar-refractivity contribution in [3.8, 4) is 11.5 Å². The summed E-state index contributed by atoms with van der Waals surface area (Å²) in [7, 11) is 0. The van der Waals surface area contributed by atoms with E-state index in [-0.39, 0.29) is 18.7 Å². The quantitative estimate of drug-likeness (QED) is 0.849. The van der Waals surface area contributed by atoms with Gasteiger partial charge in [0.05, 0.1) is 6.04 Å². The fraction of sp³-hybridized carbons (Fsp3) is 0.316. The molecule has 0 aromatic heterocycles. The second-order valence-corrected chi connectivity index (χ2v) is 6.14. The maximum atomic E-state index is 12.9. The second-order valence-electron chi connectivity index (χ2n) is 6.14. The summed E-state index contributed by atoms with van der Waals surface area (Å²) in [5, 5.41) is 0. The third kappa shape index (κ3) is 2.54. The van der Waals surface area contributed by atoms with E-state index in [9.17, 15) is 4.79 Å². The van der Waals surface area contributed by atoms with Crippen LogP contribution in [0.5, 0.6) is 11.5 Å². The van der Waals surface area contributed by atoms with Crippen LogP contribution < -0.4 is 9.47 Å². The van der Waals surface area contributed by atoms with E-state index < -0.39 is 0 Å². The Kier molecular flexibility index (Phi) is 3.45. The van der Waals surface area contributed by atoms with Crippen molar-refractivity contribution in [3.05, 3.63) is 59.2 Å². The van der Waals surface area contributed by atoms with Crippen molar-refractivity contribution in [1.82, 2.24) is 4.90 Å². The van der Waals surface area contributed by atoms with Gasteiger partial charge in [-0.1, -0.05) is 29.8 Å². The number of rotatable bonds is 2. The van der Waals surface area contributed by atoms with Crippen LogP contribution in [0.15, 0.2) is 42.5 Å². The summed E-state index contributed by atoms with van der Waals surface area (Å²) in [6, 6.07) is 14.0. The lowest BCUT2D eigenvalue weighted by atomic mass is 10.0. The molecule has 4 nitrogen and oxygen atoms in total. The topological polar surface area (TPSA) is 38.8 Å². The minimum absolute atomic E-state index is 0.0623. The van der Waals surface area contributed by atoms with Crippen LogP contribution >= 0.6 is 0 Å². The van der Waals surface area contributed by atoms with Crippen molar-refractivity contribution in [2.45, 2.75) is 25.8 Å². The van der Waals surface area contributed by atoms with E-state index in [0.29, 0.717) is 17.1 Å². The number of ether oxygens (including phenoxy) is 2. The molecule has 1 saturated heterocycles. The van der Waals surface area contributed by atoms with Gasteiger partial charge in [-0.05, 0) is 43.5 Å². The maximum absolute atomic E-state index is 12.9. The number of aryl methyl sites for hydroxylation is 1. The molecule has 2 aromatic rings. The number of benzene rings is 2. The van der Waals surface area contributed by atoms with Crippen molar-refractivity contribution in [2.24, 2.45) is 0 Å². The Morgan fingerprint density at radius 3 is 2.87 bits per heavy atom. The van der Waals surface area contributed by atoms with Gasteiger partial charge in [-0.2, -0.15) is 0 Å². The van der Waals surface area contributed by atoms with Crippen LogP contribution in [0.2, 0.25) is 0 Å². The molecule has 0 bridgehead atoms. The molecule has 0 saturated carbocycles. The van der Waals surface area contributed by atoms with Gasteiger partial charge < -0.3 is 14.4 Å². The summed E-state index contributed by atoms with van der Waals surface area (Å²) in [5.41, 5.74) is 3.11. The average Bonchev–Trinajstić information content (AvgIpc) is 3.22. The summed E-state index contributed by atoms with van der Waals surface area (Å²) >= 11 is 0. The fourth-order valence-corrected chi connectivity index (χ4v) is 3.43. The molecule has 1 fully saturated rings. The zero-order chi connectivity index (χ0) is 15.8. The van der Waals surface area contributed by atoms with Crippen molar-refractivity contribution in [3.63, 3.8) is 0 Å². The first-order valence-electron chi connectivity index (χ1n) is 7.99. The van der Waals surface area contributed by atoms with Gasteiger partial charge in [0.25, 0.3) is 5.91 Å². The van der Waals surface area contributed by atoms with Crippen molar-refractivity contribution < 1.29 is 14.3 Å². The first kappa shape index (κ1) is 14.1. The summed E-state index contributed by atoms with van der Waals surface area (Å²) in [6.45, 7) is 3.11. The highest BCUT2D eigenvalue weighted by Crippen LogP contribution is 2.36. The standard InChI is InChI=1S/C19H19NO3/c1-13-4-2-5-14(10-13)16-6-3-9-20(16)19(21)15-7-8-17-18(11-15)23-12-22-17/h2,4-5,7-8,10-11,16H,3,6,9,12H2,1H3. The number of carbonyl (C=O) groups excluding carboxylic acids is 1. The zero-order valence-corrected chi connectivity index (χ0v) is 13.1. The predicted molar refractivity (Wildman–Crippen MR) is 86.8 cm³/mol. The fourth-order valence-electron chi connectivity index (χ4n) is 3.43. The minimum Gasteiger partial charge on any atom is -0.454 e. The minimum atomic E-state index is 0.0623. The SMILES string of the molecule is Cc1cccc(C2CCCN2C(=O)c2ccc3c(c2)OCO3)c1. The Hall–Kier alpha value is -2.49. The molecule has 4 rings (SSSR count). The van der Waals surface area contributed by atoms with Gasteiger partial charge in [-0.3, -0.25) is 4.79 Å². The Labute approximate surface area is 135 Å². The zero-order valence-electron chi connectivity index (χ0n) is 13.1. The normalized spacial score (nSPS) is 19.2. The van der Waals surface area contributed by atoms with Crippen LogP contribution in [0.4, 0.5) is 0 Å². The number of hydrogen-bond donors (Lipinski definition) is 0. The van der Waals surface area contributed by atoms with E-state index in [4.69, 9.17) is 9.47 Å². The monoisotopic (exact) mass is 309 g/mol. The molecule has 2 aliphatic heterocycles. The maximum Gasteiger partial charge on any atom is 0.254 e. The van der Waals surface area contributed by atoms with Crippen LogP contribution in [-0.2, 0) is 0 Å². The molecule has 2 aliphatic rings.